The van der Waals surface area contributed by atoms with Crippen molar-refractivity contribution in [3.63, 3.8) is 0 Å². The minimum atomic E-state index is -0.955. The number of carbonyl (C=O) groups is 1. The monoisotopic (exact) mass is 303 g/mol. The van der Waals surface area contributed by atoms with Gasteiger partial charge in [-0.25, -0.2) is 9.78 Å². The Kier molecular flexibility index (Phi) is 5.51. The molecular weight excluding hydrogens is 286 g/mol. The molecule has 1 heterocycles. The molecule has 21 heavy (non-hydrogen) atoms. The molecule has 5 heteroatoms. The molecule has 2 rings (SSSR count). The number of aromatic nitrogens is 1. The minimum Gasteiger partial charge on any atom is -0.493 e. The molecule has 0 aliphatic heterocycles. The second-order valence-corrected chi connectivity index (χ2v) is 5.57. The summed E-state index contributed by atoms with van der Waals surface area (Å²) in [5.41, 5.74) is 1.25. The van der Waals surface area contributed by atoms with Crippen LogP contribution in [0.5, 0.6) is 5.75 Å². The predicted molar refractivity (Wildman–Crippen MR) is 83.8 cm³/mol. The highest BCUT2D eigenvalue weighted by molar-refractivity contribution is 7.12. The minimum absolute atomic E-state index is 0.558. The van der Waals surface area contributed by atoms with Crippen molar-refractivity contribution in [1.29, 1.82) is 0 Å². The number of thiazole rings is 1. The highest BCUT2D eigenvalue weighted by atomic mass is 32.1. The van der Waals surface area contributed by atoms with E-state index in [-0.39, 0.29) is 0 Å². The Balaban J connectivity index is 1.84. The summed E-state index contributed by atoms with van der Waals surface area (Å²) in [5.74, 6) is -0.0824. The van der Waals surface area contributed by atoms with Crippen LogP contribution in [0.1, 0.15) is 22.4 Å². The van der Waals surface area contributed by atoms with Gasteiger partial charge in [-0.3, -0.25) is 0 Å². The number of aryl methyl sites for hydroxylation is 1. The van der Waals surface area contributed by atoms with E-state index in [1.807, 2.05) is 18.2 Å². The number of nitrogens with zero attached hydrogens (tertiary/aromatic N) is 1. The summed E-state index contributed by atoms with van der Waals surface area (Å²) in [4.78, 5) is 15.5. The van der Waals surface area contributed by atoms with E-state index in [9.17, 15) is 4.79 Å². The van der Waals surface area contributed by atoms with E-state index >= 15 is 0 Å². The van der Waals surface area contributed by atoms with Gasteiger partial charge in [-0.15, -0.1) is 11.3 Å². The normalized spacial score (nSPS) is 10.9. The van der Waals surface area contributed by atoms with E-state index in [0.717, 1.165) is 28.1 Å². The van der Waals surface area contributed by atoms with Crippen LogP contribution in [0.2, 0.25) is 0 Å². The number of ether oxygens (including phenoxy) is 1. The molecule has 4 nitrogen and oxygen atoms in total. The van der Waals surface area contributed by atoms with Crippen molar-refractivity contribution >= 4 is 23.4 Å². The van der Waals surface area contributed by atoms with Crippen molar-refractivity contribution in [2.75, 3.05) is 6.61 Å². The molecule has 0 bridgehead atoms. The van der Waals surface area contributed by atoms with Crippen LogP contribution in [0.15, 0.2) is 36.5 Å². The maximum absolute atomic E-state index is 10.4. The van der Waals surface area contributed by atoms with Crippen LogP contribution >= 0.6 is 11.3 Å². The molecule has 0 aliphatic carbocycles. The number of hydrogen-bond acceptors (Lipinski definition) is 4. The average molecular weight is 303 g/mol. The predicted octanol–water partition coefficient (Wildman–Crippen LogP) is 3.42. The van der Waals surface area contributed by atoms with E-state index in [1.54, 1.807) is 12.3 Å². The quantitative estimate of drug-likeness (QED) is 0.796. The average Bonchev–Trinajstić information content (AvgIpc) is 2.93. The van der Waals surface area contributed by atoms with Crippen molar-refractivity contribution in [1.82, 2.24) is 4.98 Å². The largest absolute Gasteiger partial charge is 0.493 e. The van der Waals surface area contributed by atoms with Gasteiger partial charge in [-0.2, -0.15) is 0 Å². The molecular formula is C16H17NO3S. The fraction of sp³-hybridized carbons (Fsp3) is 0.250. The zero-order chi connectivity index (χ0) is 15.1. The number of aliphatic carboxylic acids is 1. The fourth-order valence-electron chi connectivity index (χ4n) is 1.78. The molecule has 0 amide bonds. The topological polar surface area (TPSA) is 59.4 Å². The number of carboxylic acid groups (broad SMARTS) is 1. The molecule has 0 unspecified atom stereocenters. The van der Waals surface area contributed by atoms with Gasteiger partial charge in [0.15, 0.2) is 0 Å². The molecule has 0 saturated heterocycles. The summed E-state index contributed by atoms with van der Waals surface area (Å²) >= 11 is 1.48. The second kappa shape index (κ2) is 7.59. The van der Waals surface area contributed by atoms with Crippen LogP contribution in [-0.2, 0) is 17.6 Å². The molecule has 2 aromatic rings. The highest BCUT2D eigenvalue weighted by Gasteiger charge is 2.02. The number of rotatable bonds is 7. The summed E-state index contributed by atoms with van der Waals surface area (Å²) in [6, 6.07) is 8.06. The van der Waals surface area contributed by atoms with Gasteiger partial charge in [0.2, 0.25) is 0 Å². The van der Waals surface area contributed by atoms with Crippen LogP contribution < -0.4 is 4.74 Å². The van der Waals surface area contributed by atoms with Crippen molar-refractivity contribution in [3.05, 3.63) is 52.0 Å². The van der Waals surface area contributed by atoms with Gasteiger partial charge in [0.1, 0.15) is 5.75 Å². The summed E-state index contributed by atoms with van der Waals surface area (Å²) in [6.07, 6.45) is 6.04. The van der Waals surface area contributed by atoms with Gasteiger partial charge in [0.05, 0.1) is 11.6 Å². The Morgan fingerprint density at radius 1 is 1.48 bits per heavy atom. The summed E-state index contributed by atoms with van der Waals surface area (Å²) < 4.78 is 5.71. The van der Waals surface area contributed by atoms with Crippen LogP contribution in [0.4, 0.5) is 0 Å². The van der Waals surface area contributed by atoms with Crippen LogP contribution in [0, 0.1) is 0 Å². The lowest BCUT2D eigenvalue weighted by Gasteiger charge is -2.06. The van der Waals surface area contributed by atoms with E-state index in [0.29, 0.717) is 13.0 Å². The van der Waals surface area contributed by atoms with Gasteiger partial charge < -0.3 is 9.84 Å². The molecule has 1 aromatic heterocycles. The third-order valence-corrected chi connectivity index (χ3v) is 3.88. The van der Waals surface area contributed by atoms with Crippen molar-refractivity contribution < 1.29 is 14.6 Å². The van der Waals surface area contributed by atoms with E-state index < -0.39 is 5.97 Å². The molecule has 1 N–H and O–H groups in total. The molecule has 0 radical (unpaired) electrons. The van der Waals surface area contributed by atoms with Gasteiger partial charge in [-0.05, 0) is 30.2 Å². The van der Waals surface area contributed by atoms with Gasteiger partial charge in [0.25, 0.3) is 0 Å². The SMILES string of the molecule is CCc1cccc(OCCc2ncc(/C=C/C(=O)O)s2)c1. The molecule has 0 aliphatic rings. The Hall–Kier alpha value is -2.14. The Labute approximate surface area is 127 Å². The maximum atomic E-state index is 10.4. The Morgan fingerprint density at radius 3 is 3.10 bits per heavy atom. The molecule has 0 fully saturated rings. The van der Waals surface area contributed by atoms with E-state index in [4.69, 9.17) is 9.84 Å². The summed E-state index contributed by atoms with van der Waals surface area (Å²) in [5, 5.41) is 9.51. The van der Waals surface area contributed by atoms with Crippen molar-refractivity contribution in [3.8, 4) is 5.75 Å². The van der Waals surface area contributed by atoms with Crippen molar-refractivity contribution in [2.24, 2.45) is 0 Å². The first-order chi connectivity index (χ1) is 10.2. The molecule has 0 atom stereocenters. The standard InChI is InChI=1S/C16H17NO3S/c1-2-12-4-3-5-13(10-12)20-9-8-15-17-11-14(21-15)6-7-16(18)19/h3-7,10-11H,2,8-9H2,1H3,(H,18,19)/b7-6+. The summed E-state index contributed by atoms with van der Waals surface area (Å²) in [6.45, 7) is 2.67. The smallest absolute Gasteiger partial charge is 0.328 e. The molecule has 1 aromatic carbocycles. The lowest BCUT2D eigenvalue weighted by molar-refractivity contribution is -0.131. The third kappa shape index (κ3) is 5.04. The zero-order valence-electron chi connectivity index (χ0n) is 11.8. The maximum Gasteiger partial charge on any atom is 0.328 e. The summed E-state index contributed by atoms with van der Waals surface area (Å²) in [7, 11) is 0. The molecule has 0 spiro atoms. The van der Waals surface area contributed by atoms with Crippen LogP contribution in [0.3, 0.4) is 0 Å². The lowest BCUT2D eigenvalue weighted by atomic mass is 10.2. The first kappa shape index (κ1) is 15.3. The third-order valence-electron chi connectivity index (χ3n) is 2.85. The van der Waals surface area contributed by atoms with Crippen molar-refractivity contribution in [2.45, 2.75) is 19.8 Å². The molecule has 0 saturated carbocycles. The number of hydrogen-bond donors (Lipinski definition) is 1. The van der Waals surface area contributed by atoms with Gasteiger partial charge >= 0.3 is 5.97 Å². The fourth-order valence-corrected chi connectivity index (χ4v) is 2.59. The Morgan fingerprint density at radius 2 is 2.33 bits per heavy atom. The first-order valence-electron chi connectivity index (χ1n) is 6.75. The Bertz CT molecular complexity index is 634. The van der Waals surface area contributed by atoms with Crippen LogP contribution in [0.25, 0.3) is 6.08 Å². The number of benzene rings is 1. The second-order valence-electron chi connectivity index (χ2n) is 4.43. The van der Waals surface area contributed by atoms with E-state index in [2.05, 4.69) is 18.0 Å². The first-order valence-corrected chi connectivity index (χ1v) is 7.56. The zero-order valence-corrected chi connectivity index (χ0v) is 12.6. The lowest BCUT2D eigenvalue weighted by Crippen LogP contribution is -2.01. The molecule has 110 valence electrons. The van der Waals surface area contributed by atoms with E-state index in [1.165, 1.54) is 16.9 Å². The highest BCUT2D eigenvalue weighted by Crippen LogP contribution is 2.17. The van der Waals surface area contributed by atoms with Gasteiger partial charge in [-0.1, -0.05) is 19.1 Å². The van der Waals surface area contributed by atoms with Crippen LogP contribution in [-0.4, -0.2) is 22.7 Å². The number of carboxylic acids is 1. The van der Waals surface area contributed by atoms with Gasteiger partial charge in [0, 0.05) is 23.6 Å².